The summed E-state index contributed by atoms with van der Waals surface area (Å²) in [6.45, 7) is 4.85. The molecule has 132 valence electrons. The standard InChI is InChI=1S/C20H28N2O.ClH/c1-2-14-7-9-15(10-8-14)18-13-21-11-12-22(18)20(23)19-16-5-3-4-6-17(16)19;/h7-10,16-19,21H,2-6,11-13H2,1H3;1H. The van der Waals surface area contributed by atoms with Gasteiger partial charge in [0.15, 0.2) is 0 Å². The third-order valence-electron chi connectivity index (χ3n) is 6.24. The van der Waals surface area contributed by atoms with Crippen LogP contribution in [0.25, 0.3) is 0 Å². The van der Waals surface area contributed by atoms with Crippen molar-refractivity contribution < 1.29 is 4.79 Å². The SMILES string of the molecule is CCc1ccc(C2CNCCN2C(=O)C2C3CCCCC32)cc1.Cl. The Morgan fingerprint density at radius 1 is 1.17 bits per heavy atom. The molecule has 3 unspecified atom stereocenters. The van der Waals surface area contributed by atoms with Crippen LogP contribution in [0.2, 0.25) is 0 Å². The number of nitrogens with zero attached hydrogens (tertiary/aromatic N) is 1. The first-order valence-corrected chi connectivity index (χ1v) is 9.39. The minimum absolute atomic E-state index is 0. The molecular formula is C20H29ClN2O. The van der Waals surface area contributed by atoms with E-state index in [4.69, 9.17) is 0 Å². The van der Waals surface area contributed by atoms with Gasteiger partial charge in [0.1, 0.15) is 0 Å². The highest BCUT2D eigenvalue weighted by molar-refractivity contribution is 5.85. The lowest BCUT2D eigenvalue weighted by Crippen LogP contribution is -2.49. The van der Waals surface area contributed by atoms with E-state index in [1.165, 1.54) is 36.8 Å². The molecule has 0 spiro atoms. The Bertz CT molecular complexity index is 562. The Morgan fingerprint density at radius 2 is 1.83 bits per heavy atom. The average molecular weight is 349 g/mol. The number of piperazine rings is 1. The minimum atomic E-state index is 0. The second-order valence-corrected chi connectivity index (χ2v) is 7.48. The first kappa shape index (κ1) is 17.8. The topological polar surface area (TPSA) is 32.3 Å². The number of benzene rings is 1. The van der Waals surface area contributed by atoms with Gasteiger partial charge in [-0.15, -0.1) is 12.4 Å². The smallest absolute Gasteiger partial charge is 0.226 e. The molecule has 1 saturated heterocycles. The zero-order chi connectivity index (χ0) is 15.8. The molecule has 0 aromatic heterocycles. The quantitative estimate of drug-likeness (QED) is 0.905. The fraction of sp³-hybridized carbons (Fsp3) is 0.650. The lowest BCUT2D eigenvalue weighted by Gasteiger charge is -2.37. The number of hydrogen-bond donors (Lipinski definition) is 1. The Balaban J connectivity index is 0.00000169. The van der Waals surface area contributed by atoms with Gasteiger partial charge in [-0.05, 0) is 42.2 Å². The number of aryl methyl sites for hydroxylation is 1. The summed E-state index contributed by atoms with van der Waals surface area (Å²) in [5, 5.41) is 3.47. The molecule has 3 nitrogen and oxygen atoms in total. The highest BCUT2D eigenvalue weighted by Gasteiger charge is 2.56. The molecule has 0 radical (unpaired) electrons. The maximum absolute atomic E-state index is 13.1. The summed E-state index contributed by atoms with van der Waals surface area (Å²) in [5.74, 6) is 2.18. The van der Waals surface area contributed by atoms with Crippen LogP contribution in [0.4, 0.5) is 0 Å². The molecule has 1 N–H and O–H groups in total. The zero-order valence-corrected chi connectivity index (χ0v) is 15.4. The van der Waals surface area contributed by atoms with E-state index in [0.29, 0.717) is 23.7 Å². The lowest BCUT2D eigenvalue weighted by molar-refractivity contribution is -0.136. The molecule has 4 heteroatoms. The summed E-state index contributed by atoms with van der Waals surface area (Å²) < 4.78 is 0. The summed E-state index contributed by atoms with van der Waals surface area (Å²) in [6, 6.07) is 9.07. The number of hydrogen-bond acceptors (Lipinski definition) is 2. The van der Waals surface area contributed by atoms with E-state index in [0.717, 1.165) is 26.1 Å². The monoisotopic (exact) mass is 348 g/mol. The molecule has 3 aliphatic rings. The van der Waals surface area contributed by atoms with Gasteiger partial charge < -0.3 is 10.2 Å². The van der Waals surface area contributed by atoms with Gasteiger partial charge >= 0.3 is 0 Å². The number of fused-ring (bicyclic) bond motifs is 1. The van der Waals surface area contributed by atoms with E-state index in [-0.39, 0.29) is 18.4 Å². The minimum Gasteiger partial charge on any atom is -0.333 e. The number of amides is 1. The van der Waals surface area contributed by atoms with E-state index in [9.17, 15) is 4.79 Å². The fourth-order valence-electron chi connectivity index (χ4n) is 4.79. The third-order valence-corrected chi connectivity index (χ3v) is 6.24. The Labute approximate surface area is 151 Å². The van der Waals surface area contributed by atoms with Crippen molar-refractivity contribution in [3.8, 4) is 0 Å². The summed E-state index contributed by atoms with van der Waals surface area (Å²) in [7, 11) is 0. The predicted octanol–water partition coefficient (Wildman–Crippen LogP) is 3.58. The van der Waals surface area contributed by atoms with E-state index in [2.05, 4.69) is 41.4 Å². The largest absolute Gasteiger partial charge is 0.333 e. The van der Waals surface area contributed by atoms with Crippen LogP contribution in [0.3, 0.4) is 0 Å². The second-order valence-electron chi connectivity index (χ2n) is 7.48. The van der Waals surface area contributed by atoms with Crippen LogP contribution < -0.4 is 5.32 Å². The van der Waals surface area contributed by atoms with Gasteiger partial charge in [-0.25, -0.2) is 0 Å². The number of halogens is 1. The van der Waals surface area contributed by atoms with Crippen LogP contribution in [0.1, 0.15) is 49.8 Å². The highest BCUT2D eigenvalue weighted by Crippen LogP contribution is 2.56. The van der Waals surface area contributed by atoms with Crippen molar-refractivity contribution in [3.63, 3.8) is 0 Å². The molecule has 2 saturated carbocycles. The molecule has 1 aliphatic heterocycles. The van der Waals surface area contributed by atoms with Crippen LogP contribution in [0, 0.1) is 17.8 Å². The molecule has 1 aromatic rings. The Kier molecular flexibility index (Phi) is 5.51. The van der Waals surface area contributed by atoms with E-state index in [1.807, 2.05) is 0 Å². The highest BCUT2D eigenvalue weighted by atomic mass is 35.5. The van der Waals surface area contributed by atoms with Crippen LogP contribution in [0.15, 0.2) is 24.3 Å². The fourth-order valence-corrected chi connectivity index (χ4v) is 4.79. The maximum Gasteiger partial charge on any atom is 0.226 e. The van der Waals surface area contributed by atoms with Gasteiger partial charge in [0.05, 0.1) is 6.04 Å². The van der Waals surface area contributed by atoms with E-state index < -0.39 is 0 Å². The first-order chi connectivity index (χ1) is 11.3. The van der Waals surface area contributed by atoms with Gasteiger partial charge in [0.25, 0.3) is 0 Å². The zero-order valence-electron chi connectivity index (χ0n) is 14.5. The van der Waals surface area contributed by atoms with E-state index in [1.54, 1.807) is 0 Å². The summed E-state index contributed by atoms with van der Waals surface area (Å²) >= 11 is 0. The molecule has 1 aromatic carbocycles. The van der Waals surface area contributed by atoms with Gasteiger partial charge in [0.2, 0.25) is 5.91 Å². The van der Waals surface area contributed by atoms with Crippen LogP contribution >= 0.6 is 12.4 Å². The third kappa shape index (κ3) is 3.21. The summed E-state index contributed by atoms with van der Waals surface area (Å²) in [6.07, 6.45) is 6.28. The molecular weight excluding hydrogens is 320 g/mol. The Hall–Kier alpha value is -1.06. The van der Waals surface area contributed by atoms with Crippen molar-refractivity contribution in [2.45, 2.75) is 45.1 Å². The predicted molar refractivity (Wildman–Crippen MR) is 99.3 cm³/mol. The van der Waals surface area contributed by atoms with Crippen molar-refractivity contribution >= 4 is 18.3 Å². The van der Waals surface area contributed by atoms with Crippen molar-refractivity contribution in [3.05, 3.63) is 35.4 Å². The molecule has 0 bridgehead atoms. The van der Waals surface area contributed by atoms with Crippen LogP contribution in [0.5, 0.6) is 0 Å². The van der Waals surface area contributed by atoms with Gasteiger partial charge in [-0.1, -0.05) is 44.0 Å². The number of rotatable bonds is 3. The van der Waals surface area contributed by atoms with Gasteiger partial charge in [-0.2, -0.15) is 0 Å². The molecule has 1 amide bonds. The normalized spacial score (nSPS) is 31.8. The number of carbonyl (C=O) groups is 1. The number of carbonyl (C=O) groups excluding carboxylic acids is 1. The lowest BCUT2D eigenvalue weighted by atomic mass is 10.00. The van der Waals surface area contributed by atoms with E-state index >= 15 is 0 Å². The van der Waals surface area contributed by atoms with Crippen molar-refractivity contribution in [2.75, 3.05) is 19.6 Å². The van der Waals surface area contributed by atoms with Crippen molar-refractivity contribution in [1.29, 1.82) is 0 Å². The molecule has 24 heavy (non-hydrogen) atoms. The van der Waals surface area contributed by atoms with Crippen LogP contribution in [-0.2, 0) is 11.2 Å². The molecule has 2 aliphatic carbocycles. The van der Waals surface area contributed by atoms with Crippen LogP contribution in [-0.4, -0.2) is 30.4 Å². The average Bonchev–Trinajstić information content (AvgIpc) is 3.35. The summed E-state index contributed by atoms with van der Waals surface area (Å²) in [4.78, 5) is 15.3. The van der Waals surface area contributed by atoms with Crippen molar-refractivity contribution in [2.24, 2.45) is 17.8 Å². The molecule has 4 rings (SSSR count). The molecule has 3 atom stereocenters. The number of nitrogens with one attached hydrogen (secondary N) is 1. The first-order valence-electron chi connectivity index (χ1n) is 9.39. The molecule has 3 fully saturated rings. The molecule has 1 heterocycles. The second kappa shape index (κ2) is 7.45. The van der Waals surface area contributed by atoms with Gasteiger partial charge in [0, 0.05) is 25.6 Å². The van der Waals surface area contributed by atoms with Crippen molar-refractivity contribution in [1.82, 2.24) is 10.2 Å². The maximum atomic E-state index is 13.1. The Morgan fingerprint density at radius 3 is 2.46 bits per heavy atom. The summed E-state index contributed by atoms with van der Waals surface area (Å²) in [5.41, 5.74) is 2.65. The van der Waals surface area contributed by atoms with Gasteiger partial charge in [-0.3, -0.25) is 4.79 Å².